The van der Waals surface area contributed by atoms with E-state index in [-0.39, 0.29) is 0 Å². The van der Waals surface area contributed by atoms with Crippen molar-refractivity contribution in [3.8, 4) is 5.75 Å². The van der Waals surface area contributed by atoms with Gasteiger partial charge in [-0.1, -0.05) is 43.3 Å². The Labute approximate surface area is 150 Å². The smallest absolute Gasteiger partial charge is 0.125 e. The van der Waals surface area contributed by atoms with Crippen LogP contribution in [0.25, 0.3) is 0 Å². The highest BCUT2D eigenvalue weighted by atomic mass is 16.5. The molecule has 0 bridgehead atoms. The maximum atomic E-state index is 10.8. The molecule has 3 rings (SSSR count). The van der Waals surface area contributed by atoms with Gasteiger partial charge in [-0.2, -0.15) is 0 Å². The predicted molar refractivity (Wildman–Crippen MR) is 101 cm³/mol. The van der Waals surface area contributed by atoms with Gasteiger partial charge in [0.05, 0.1) is 6.10 Å². The van der Waals surface area contributed by atoms with Crippen LogP contribution in [0.1, 0.15) is 29.7 Å². The Balaban J connectivity index is 1.72. The number of aliphatic hydroxyl groups excluding tert-OH is 1. The number of nitrogens with zero attached hydrogens (tertiary/aromatic N) is 1. The van der Waals surface area contributed by atoms with Gasteiger partial charge in [0, 0.05) is 38.3 Å². The summed E-state index contributed by atoms with van der Waals surface area (Å²) in [6.07, 6.45) is 0.419. The molecule has 2 aromatic rings. The standard InChI is InChI=1S/C21H28N2O2/c1-2-17-8-9-21(25-16-18-6-4-3-5-7-18)19(14-17)20(24)15-23-12-10-22-11-13-23/h3-9,14,20,22,24H,2,10-13,15-16H2,1H3. The Morgan fingerprint density at radius 3 is 2.56 bits per heavy atom. The third kappa shape index (κ3) is 5.05. The summed E-state index contributed by atoms with van der Waals surface area (Å²) in [6, 6.07) is 16.3. The molecule has 1 saturated heterocycles. The lowest BCUT2D eigenvalue weighted by molar-refractivity contribution is 0.102. The molecule has 2 N–H and O–H groups in total. The van der Waals surface area contributed by atoms with Crippen LogP contribution < -0.4 is 10.1 Å². The van der Waals surface area contributed by atoms with Gasteiger partial charge in [0.2, 0.25) is 0 Å². The zero-order valence-electron chi connectivity index (χ0n) is 14.9. The highest BCUT2D eigenvalue weighted by Crippen LogP contribution is 2.28. The van der Waals surface area contributed by atoms with Crippen molar-refractivity contribution in [1.82, 2.24) is 10.2 Å². The summed E-state index contributed by atoms with van der Waals surface area (Å²) in [6.45, 7) is 7.22. The maximum Gasteiger partial charge on any atom is 0.125 e. The molecule has 1 aliphatic heterocycles. The van der Waals surface area contributed by atoms with Gasteiger partial charge in [0.25, 0.3) is 0 Å². The second-order valence-corrected chi connectivity index (χ2v) is 6.57. The number of benzene rings is 2. The Kier molecular flexibility index (Phi) is 6.45. The fourth-order valence-electron chi connectivity index (χ4n) is 3.18. The van der Waals surface area contributed by atoms with Crippen molar-refractivity contribution >= 4 is 0 Å². The largest absolute Gasteiger partial charge is 0.489 e. The molecule has 134 valence electrons. The lowest BCUT2D eigenvalue weighted by Crippen LogP contribution is -2.45. The second-order valence-electron chi connectivity index (χ2n) is 6.57. The van der Waals surface area contributed by atoms with E-state index >= 15 is 0 Å². The topological polar surface area (TPSA) is 44.7 Å². The number of rotatable bonds is 7. The zero-order chi connectivity index (χ0) is 17.5. The number of piperazine rings is 1. The summed E-state index contributed by atoms with van der Waals surface area (Å²) in [5, 5.41) is 14.2. The Bertz CT molecular complexity index is 654. The molecule has 0 radical (unpaired) electrons. The number of hydrogen-bond donors (Lipinski definition) is 2. The molecular weight excluding hydrogens is 312 g/mol. The number of aryl methyl sites for hydroxylation is 1. The first kappa shape index (κ1) is 17.9. The first-order valence-electron chi connectivity index (χ1n) is 9.17. The fraction of sp³-hybridized carbons (Fsp3) is 0.429. The lowest BCUT2D eigenvalue weighted by Gasteiger charge is -2.29. The van der Waals surface area contributed by atoms with Gasteiger partial charge in [0.15, 0.2) is 0 Å². The molecule has 1 fully saturated rings. The number of nitrogens with one attached hydrogen (secondary N) is 1. The molecule has 1 aliphatic rings. The molecule has 0 saturated carbocycles. The normalized spacial score (nSPS) is 16.6. The molecule has 0 aliphatic carbocycles. The van der Waals surface area contributed by atoms with E-state index in [1.54, 1.807) is 0 Å². The lowest BCUT2D eigenvalue weighted by atomic mass is 10.0. The zero-order valence-corrected chi connectivity index (χ0v) is 14.9. The van der Waals surface area contributed by atoms with Crippen LogP contribution in [0, 0.1) is 0 Å². The molecule has 0 amide bonds. The van der Waals surface area contributed by atoms with Crippen molar-refractivity contribution in [2.45, 2.75) is 26.1 Å². The third-order valence-corrected chi connectivity index (χ3v) is 4.72. The quantitative estimate of drug-likeness (QED) is 0.813. The summed E-state index contributed by atoms with van der Waals surface area (Å²) in [5.74, 6) is 0.781. The van der Waals surface area contributed by atoms with Gasteiger partial charge in [-0.25, -0.2) is 0 Å². The van der Waals surface area contributed by atoms with Crippen molar-refractivity contribution < 1.29 is 9.84 Å². The molecule has 25 heavy (non-hydrogen) atoms. The van der Waals surface area contributed by atoms with Crippen molar-refractivity contribution in [1.29, 1.82) is 0 Å². The molecule has 0 spiro atoms. The molecular formula is C21H28N2O2. The van der Waals surface area contributed by atoms with Crippen LogP contribution in [0.2, 0.25) is 0 Å². The van der Waals surface area contributed by atoms with E-state index in [4.69, 9.17) is 4.74 Å². The summed E-state index contributed by atoms with van der Waals surface area (Å²) in [7, 11) is 0. The molecule has 0 aromatic heterocycles. The van der Waals surface area contributed by atoms with Gasteiger partial charge < -0.3 is 15.2 Å². The van der Waals surface area contributed by atoms with Gasteiger partial charge in [0.1, 0.15) is 12.4 Å². The summed E-state index contributed by atoms with van der Waals surface area (Å²) in [4.78, 5) is 2.31. The molecule has 1 unspecified atom stereocenters. The molecule has 4 heteroatoms. The van der Waals surface area contributed by atoms with E-state index < -0.39 is 6.10 Å². The number of ether oxygens (including phenoxy) is 1. The Hall–Kier alpha value is -1.88. The molecule has 4 nitrogen and oxygen atoms in total. The van der Waals surface area contributed by atoms with Crippen LogP contribution in [0.3, 0.4) is 0 Å². The number of β-amino-alcohol motifs (C(OH)–C–C–N with tert-alkyl or cyclic N) is 1. The van der Waals surface area contributed by atoms with E-state index in [2.05, 4.69) is 41.4 Å². The second kappa shape index (κ2) is 8.99. The highest BCUT2D eigenvalue weighted by Gasteiger charge is 2.19. The highest BCUT2D eigenvalue weighted by molar-refractivity contribution is 5.39. The van der Waals surface area contributed by atoms with Gasteiger partial charge in [-0.15, -0.1) is 0 Å². The molecule has 1 atom stereocenters. The first-order valence-corrected chi connectivity index (χ1v) is 9.17. The van der Waals surface area contributed by atoms with Crippen LogP contribution in [-0.4, -0.2) is 42.7 Å². The number of aliphatic hydroxyl groups is 1. The Morgan fingerprint density at radius 2 is 1.84 bits per heavy atom. The van der Waals surface area contributed by atoms with Crippen molar-refractivity contribution in [3.05, 3.63) is 65.2 Å². The predicted octanol–water partition coefficient (Wildman–Crippen LogP) is 2.77. The van der Waals surface area contributed by atoms with Crippen LogP contribution in [-0.2, 0) is 13.0 Å². The van der Waals surface area contributed by atoms with Crippen molar-refractivity contribution in [2.24, 2.45) is 0 Å². The Morgan fingerprint density at radius 1 is 1.08 bits per heavy atom. The summed E-state index contributed by atoms with van der Waals surface area (Å²) in [5.41, 5.74) is 3.25. The minimum atomic E-state index is -0.532. The van der Waals surface area contributed by atoms with E-state index in [1.165, 1.54) is 5.56 Å². The summed E-state index contributed by atoms with van der Waals surface area (Å²) >= 11 is 0. The SMILES string of the molecule is CCc1ccc(OCc2ccccc2)c(C(O)CN2CCNCC2)c1. The van der Waals surface area contributed by atoms with Crippen molar-refractivity contribution in [3.63, 3.8) is 0 Å². The van der Waals surface area contributed by atoms with Gasteiger partial charge in [-0.3, -0.25) is 4.90 Å². The van der Waals surface area contributed by atoms with E-state index in [0.29, 0.717) is 13.2 Å². The average molecular weight is 340 g/mol. The first-order chi connectivity index (χ1) is 12.3. The minimum Gasteiger partial charge on any atom is -0.489 e. The average Bonchev–Trinajstić information content (AvgIpc) is 2.68. The monoisotopic (exact) mass is 340 g/mol. The van der Waals surface area contributed by atoms with E-state index in [0.717, 1.165) is 49.5 Å². The van der Waals surface area contributed by atoms with Crippen LogP contribution in [0.15, 0.2) is 48.5 Å². The van der Waals surface area contributed by atoms with Gasteiger partial charge in [-0.05, 0) is 29.7 Å². The van der Waals surface area contributed by atoms with Crippen molar-refractivity contribution in [2.75, 3.05) is 32.7 Å². The molecule has 1 heterocycles. The van der Waals surface area contributed by atoms with Crippen LogP contribution in [0.4, 0.5) is 0 Å². The maximum absolute atomic E-state index is 10.8. The van der Waals surface area contributed by atoms with Crippen LogP contribution in [0.5, 0.6) is 5.75 Å². The third-order valence-electron chi connectivity index (χ3n) is 4.72. The van der Waals surface area contributed by atoms with E-state index in [9.17, 15) is 5.11 Å². The van der Waals surface area contributed by atoms with Gasteiger partial charge >= 0.3 is 0 Å². The summed E-state index contributed by atoms with van der Waals surface area (Å²) < 4.78 is 6.04. The number of hydrogen-bond acceptors (Lipinski definition) is 4. The minimum absolute atomic E-state index is 0.514. The van der Waals surface area contributed by atoms with E-state index in [1.807, 2.05) is 24.3 Å². The molecule has 2 aromatic carbocycles. The van der Waals surface area contributed by atoms with Crippen LogP contribution >= 0.6 is 0 Å². The fourth-order valence-corrected chi connectivity index (χ4v) is 3.18.